The zero-order chi connectivity index (χ0) is 47.3. The largest absolute Gasteiger partial charge is 0.495 e. The second-order valence-corrected chi connectivity index (χ2v) is 17.5. The standard InChI is InChI=1S/C25H22ClN5O3.C25H38N4O4/c26-21-12-18(34-17-4-2-1-3-5-17)6-7-19(21)23(33)20-13-27-24-22(20)25(29-14-28-24)30-16-8-10-31(15-32)11-9-16;1-4-19-8-13-27(14-9-19)21-10-15-28(16-11-21)24(31)20-6-7-23(33-3)22(18-20)29(12-5-17-30)25(32)26-2/h1-7,12-16H,8-11H2,(H2,27,28,29,30);6-7,17-19,21H,4-5,8-16H2,1-3H3,(H,26,32). The summed E-state index contributed by atoms with van der Waals surface area (Å²) in [6.45, 7) is 7.68. The van der Waals surface area contributed by atoms with Crippen LogP contribution < -0.4 is 25.0 Å². The first-order valence-electron chi connectivity index (χ1n) is 23.1. The fourth-order valence-electron chi connectivity index (χ4n) is 9.13. The second kappa shape index (κ2) is 23.3. The Hall–Kier alpha value is -6.52. The van der Waals surface area contributed by atoms with E-state index in [1.165, 1.54) is 57.7 Å². The molecule has 5 heterocycles. The number of halogens is 1. The number of carbonyl (C=O) groups is 5. The normalized spacial score (nSPS) is 16.1. The van der Waals surface area contributed by atoms with Gasteiger partial charge in [0.1, 0.15) is 41.3 Å². The maximum absolute atomic E-state index is 13.5. The van der Waals surface area contributed by atoms with Crippen molar-refractivity contribution in [3.8, 4) is 17.2 Å². The number of piperidine rings is 3. The van der Waals surface area contributed by atoms with Crippen LogP contribution in [0.5, 0.6) is 17.2 Å². The number of rotatable bonds is 15. The van der Waals surface area contributed by atoms with Crippen molar-refractivity contribution in [3.05, 3.63) is 101 Å². The monoisotopic (exact) mass is 933 g/mol. The number of fused-ring (bicyclic) bond motifs is 1. The Morgan fingerprint density at radius 2 is 1.63 bits per heavy atom. The van der Waals surface area contributed by atoms with Gasteiger partial charge in [0.25, 0.3) is 5.91 Å². The van der Waals surface area contributed by atoms with E-state index in [0.29, 0.717) is 80.6 Å². The van der Waals surface area contributed by atoms with Crippen LogP contribution in [0.2, 0.25) is 5.02 Å². The van der Waals surface area contributed by atoms with Gasteiger partial charge in [0.05, 0.1) is 28.8 Å². The van der Waals surface area contributed by atoms with Crippen molar-refractivity contribution >= 4 is 64.6 Å². The third kappa shape index (κ3) is 11.9. The molecule has 67 heavy (non-hydrogen) atoms. The summed E-state index contributed by atoms with van der Waals surface area (Å²) in [5, 5.41) is 6.94. The molecule has 0 unspecified atom stereocenters. The lowest BCUT2D eigenvalue weighted by atomic mass is 9.92. The van der Waals surface area contributed by atoms with Gasteiger partial charge in [-0.3, -0.25) is 19.3 Å². The number of hydrogen-bond donors (Lipinski definition) is 3. The summed E-state index contributed by atoms with van der Waals surface area (Å²) < 4.78 is 11.3. The Labute approximate surface area is 396 Å². The van der Waals surface area contributed by atoms with Crippen molar-refractivity contribution in [2.45, 2.75) is 70.4 Å². The molecule has 16 nitrogen and oxygen atoms in total. The van der Waals surface area contributed by atoms with E-state index < -0.39 is 0 Å². The lowest BCUT2D eigenvalue weighted by molar-refractivity contribution is -0.119. The van der Waals surface area contributed by atoms with Crippen LogP contribution in [0.3, 0.4) is 0 Å². The first-order valence-corrected chi connectivity index (χ1v) is 23.5. The third-order valence-electron chi connectivity index (χ3n) is 13.0. The van der Waals surface area contributed by atoms with Gasteiger partial charge in [0, 0.05) is 81.7 Å². The van der Waals surface area contributed by atoms with Gasteiger partial charge < -0.3 is 44.6 Å². The Morgan fingerprint density at radius 1 is 0.881 bits per heavy atom. The van der Waals surface area contributed by atoms with Gasteiger partial charge >= 0.3 is 6.03 Å². The lowest BCUT2D eigenvalue weighted by Crippen LogP contribution is -2.49. The molecule has 0 saturated carbocycles. The van der Waals surface area contributed by atoms with Gasteiger partial charge in [-0.05, 0) is 100.0 Å². The molecular weight excluding hydrogens is 874 g/mol. The number of para-hydroxylation sites is 1. The topological polar surface area (TPSA) is 182 Å². The number of aromatic nitrogens is 3. The molecular formula is C50H60ClN9O7. The number of anilines is 2. The van der Waals surface area contributed by atoms with E-state index in [4.69, 9.17) is 21.1 Å². The number of aromatic amines is 1. The number of hydrogen-bond acceptors (Lipinski definition) is 11. The lowest BCUT2D eigenvalue weighted by Gasteiger charge is -2.41. The molecule has 3 N–H and O–H groups in total. The van der Waals surface area contributed by atoms with E-state index in [0.717, 1.165) is 57.4 Å². The first-order chi connectivity index (χ1) is 32.6. The van der Waals surface area contributed by atoms with E-state index in [1.807, 2.05) is 35.2 Å². The SMILES string of the molecule is CCC1CCN(C2CCN(C(=O)c3ccc(OC)c(N(CCC=O)C(=O)NC)c3)CC2)CC1.O=CN1CCC(Nc2ncnc3[nH]cc(C(=O)c4ccc(Oc5ccccc5)cc4Cl)c23)CC1. The number of nitrogens with zero attached hydrogens (tertiary/aromatic N) is 6. The average Bonchev–Trinajstić information content (AvgIpc) is 3.82. The highest BCUT2D eigenvalue weighted by atomic mass is 35.5. The van der Waals surface area contributed by atoms with Crippen molar-refractivity contribution in [2.24, 2.45) is 5.92 Å². The van der Waals surface area contributed by atoms with Gasteiger partial charge in [0.15, 0.2) is 5.78 Å². The number of ether oxygens (including phenoxy) is 2. The molecule has 0 aliphatic carbocycles. The van der Waals surface area contributed by atoms with E-state index in [9.17, 15) is 24.0 Å². The van der Waals surface area contributed by atoms with E-state index in [1.54, 1.807) is 47.5 Å². The van der Waals surface area contributed by atoms with E-state index >= 15 is 0 Å². The van der Waals surface area contributed by atoms with E-state index in [2.05, 4.69) is 37.4 Å². The van der Waals surface area contributed by atoms with Crippen LogP contribution in [0.25, 0.3) is 11.0 Å². The van der Waals surface area contributed by atoms with E-state index in [-0.39, 0.29) is 36.7 Å². The molecule has 5 aromatic rings. The summed E-state index contributed by atoms with van der Waals surface area (Å²) in [5.41, 5.74) is 2.36. The molecule has 3 fully saturated rings. The van der Waals surface area contributed by atoms with Crippen LogP contribution in [0, 0.1) is 5.92 Å². The fraction of sp³-hybridized carbons (Fsp3) is 0.420. The van der Waals surface area contributed by atoms with Crippen molar-refractivity contribution in [3.63, 3.8) is 0 Å². The Bertz CT molecular complexity index is 2480. The van der Waals surface area contributed by atoms with Gasteiger partial charge in [0.2, 0.25) is 6.41 Å². The number of aldehydes is 1. The Morgan fingerprint density at radius 3 is 2.28 bits per heavy atom. The molecule has 17 heteroatoms. The maximum Gasteiger partial charge on any atom is 0.321 e. The molecule has 0 radical (unpaired) electrons. The molecule has 8 rings (SSSR count). The minimum Gasteiger partial charge on any atom is -0.495 e. The molecule has 3 aliphatic heterocycles. The molecule has 3 saturated heterocycles. The predicted octanol–water partition coefficient (Wildman–Crippen LogP) is 7.82. The highest BCUT2D eigenvalue weighted by molar-refractivity contribution is 6.35. The van der Waals surface area contributed by atoms with Crippen LogP contribution in [-0.4, -0.2) is 132 Å². The number of ketones is 1. The zero-order valence-corrected chi connectivity index (χ0v) is 39.2. The highest BCUT2D eigenvalue weighted by Gasteiger charge is 2.31. The Kier molecular flexibility index (Phi) is 16.8. The minimum atomic E-state index is -0.354. The number of benzene rings is 3. The molecule has 3 aromatic carbocycles. The molecule has 0 spiro atoms. The summed E-state index contributed by atoms with van der Waals surface area (Å²) in [7, 11) is 3.06. The van der Waals surface area contributed by atoms with Gasteiger partial charge in [-0.1, -0.05) is 43.1 Å². The van der Waals surface area contributed by atoms with Crippen molar-refractivity contribution < 1.29 is 33.4 Å². The summed E-state index contributed by atoms with van der Waals surface area (Å²) in [6.07, 6.45) is 12.4. The van der Waals surface area contributed by atoms with Crippen LogP contribution in [0.4, 0.5) is 16.3 Å². The fourth-order valence-corrected chi connectivity index (χ4v) is 9.39. The van der Waals surface area contributed by atoms with Gasteiger partial charge in [-0.25, -0.2) is 14.8 Å². The summed E-state index contributed by atoms with van der Waals surface area (Å²) >= 11 is 6.49. The number of carbonyl (C=O) groups excluding carboxylic acids is 5. The number of H-pyrrole nitrogens is 1. The number of methoxy groups -OCH3 is 1. The number of amides is 4. The summed E-state index contributed by atoms with van der Waals surface area (Å²) in [5.74, 6) is 2.88. The van der Waals surface area contributed by atoms with Crippen molar-refractivity contribution in [1.82, 2.24) is 35.0 Å². The van der Waals surface area contributed by atoms with Crippen LogP contribution in [-0.2, 0) is 9.59 Å². The number of nitrogens with one attached hydrogen (secondary N) is 3. The molecule has 4 amide bonds. The molecule has 354 valence electrons. The summed E-state index contributed by atoms with van der Waals surface area (Å²) in [6, 6.07) is 19.9. The molecule has 3 aliphatic rings. The van der Waals surface area contributed by atoms with Gasteiger partial charge in [-0.2, -0.15) is 0 Å². The number of likely N-dealkylation sites (tertiary alicyclic amines) is 3. The van der Waals surface area contributed by atoms with Crippen LogP contribution in [0.1, 0.15) is 84.6 Å². The van der Waals surface area contributed by atoms with Crippen molar-refractivity contribution in [1.29, 1.82) is 0 Å². The Balaban J connectivity index is 0.000000199. The maximum atomic E-state index is 13.5. The first kappa shape index (κ1) is 48.4. The summed E-state index contributed by atoms with van der Waals surface area (Å²) in [4.78, 5) is 80.5. The van der Waals surface area contributed by atoms with Crippen LogP contribution in [0.15, 0.2) is 79.3 Å². The highest BCUT2D eigenvalue weighted by Crippen LogP contribution is 2.34. The molecule has 0 bridgehead atoms. The molecule has 0 atom stereocenters. The van der Waals surface area contributed by atoms with Crippen molar-refractivity contribution in [2.75, 3.05) is 70.2 Å². The average molecular weight is 935 g/mol. The number of urea groups is 1. The minimum absolute atomic E-state index is 0.0331. The third-order valence-corrected chi connectivity index (χ3v) is 13.4. The smallest absolute Gasteiger partial charge is 0.321 e. The molecule has 2 aromatic heterocycles. The van der Waals surface area contributed by atoms with Gasteiger partial charge in [-0.15, -0.1) is 0 Å². The zero-order valence-electron chi connectivity index (χ0n) is 38.4. The van der Waals surface area contributed by atoms with Crippen LogP contribution >= 0.6 is 11.6 Å². The quantitative estimate of drug-likeness (QED) is 0.0688. The predicted molar refractivity (Wildman–Crippen MR) is 259 cm³/mol. The second-order valence-electron chi connectivity index (χ2n) is 17.1.